The number of benzene rings is 1. The van der Waals surface area contributed by atoms with Crippen molar-refractivity contribution in [1.29, 1.82) is 0 Å². The van der Waals surface area contributed by atoms with Gasteiger partial charge in [0, 0.05) is 11.1 Å². The third-order valence-electron chi connectivity index (χ3n) is 2.23. The summed E-state index contributed by atoms with van der Waals surface area (Å²) in [5.41, 5.74) is 0.162. The molecule has 1 heterocycles. The summed E-state index contributed by atoms with van der Waals surface area (Å²) < 4.78 is 35.1. The standard InChI is InChI=1S/C10H10F2O3/c1-5(13)7-2-6(10(11)12)3-8-9(7)15-4-14-8/h2-3,5,10,13H,4H2,1H3. The number of halogens is 2. The zero-order valence-corrected chi connectivity index (χ0v) is 8.04. The van der Waals surface area contributed by atoms with E-state index in [1.807, 2.05) is 0 Å². The predicted molar refractivity (Wildman–Crippen MR) is 48.2 cm³/mol. The second kappa shape index (κ2) is 3.66. The summed E-state index contributed by atoms with van der Waals surface area (Å²) in [6.07, 6.45) is -3.45. The van der Waals surface area contributed by atoms with Crippen molar-refractivity contribution >= 4 is 0 Å². The Morgan fingerprint density at radius 1 is 1.33 bits per heavy atom. The highest BCUT2D eigenvalue weighted by molar-refractivity contribution is 5.52. The van der Waals surface area contributed by atoms with Gasteiger partial charge in [0.15, 0.2) is 11.5 Å². The molecular formula is C10H10F2O3. The quantitative estimate of drug-likeness (QED) is 0.825. The molecule has 1 unspecified atom stereocenters. The van der Waals surface area contributed by atoms with E-state index in [4.69, 9.17) is 9.47 Å². The van der Waals surface area contributed by atoms with E-state index < -0.39 is 12.5 Å². The molecule has 0 aromatic heterocycles. The molecule has 5 heteroatoms. The molecule has 0 amide bonds. The van der Waals surface area contributed by atoms with Gasteiger partial charge < -0.3 is 14.6 Å². The van der Waals surface area contributed by atoms with Crippen molar-refractivity contribution in [3.8, 4) is 11.5 Å². The normalized spacial score (nSPS) is 15.8. The molecule has 0 radical (unpaired) electrons. The topological polar surface area (TPSA) is 38.7 Å². The molecule has 1 aliphatic rings. The lowest BCUT2D eigenvalue weighted by atomic mass is 10.0. The lowest BCUT2D eigenvalue weighted by Gasteiger charge is -2.10. The van der Waals surface area contributed by atoms with E-state index in [2.05, 4.69) is 0 Å². The molecule has 0 saturated carbocycles. The zero-order chi connectivity index (χ0) is 11.0. The molecule has 0 fully saturated rings. The Kier molecular flexibility index (Phi) is 2.48. The van der Waals surface area contributed by atoms with Crippen LogP contribution in [0.5, 0.6) is 11.5 Å². The summed E-state index contributed by atoms with van der Waals surface area (Å²) >= 11 is 0. The van der Waals surface area contributed by atoms with Crippen molar-refractivity contribution < 1.29 is 23.4 Å². The van der Waals surface area contributed by atoms with Crippen LogP contribution in [0.15, 0.2) is 12.1 Å². The van der Waals surface area contributed by atoms with Crippen LogP contribution in [-0.2, 0) is 0 Å². The Morgan fingerprint density at radius 3 is 2.67 bits per heavy atom. The molecule has 1 aromatic rings. The molecule has 3 nitrogen and oxygen atoms in total. The summed E-state index contributed by atoms with van der Waals surface area (Å²) in [4.78, 5) is 0. The Hall–Kier alpha value is -1.36. The molecule has 15 heavy (non-hydrogen) atoms. The number of aliphatic hydroxyl groups is 1. The molecule has 0 bridgehead atoms. The van der Waals surface area contributed by atoms with Crippen LogP contribution in [0.4, 0.5) is 8.78 Å². The van der Waals surface area contributed by atoms with Gasteiger partial charge in [0.25, 0.3) is 6.43 Å². The van der Waals surface area contributed by atoms with Crippen LogP contribution in [0.2, 0.25) is 0 Å². The van der Waals surface area contributed by atoms with Gasteiger partial charge in [-0.15, -0.1) is 0 Å². The number of fused-ring (bicyclic) bond motifs is 1. The van der Waals surface area contributed by atoms with Crippen molar-refractivity contribution in [3.05, 3.63) is 23.3 Å². The van der Waals surface area contributed by atoms with Crippen molar-refractivity contribution in [3.63, 3.8) is 0 Å². The fourth-order valence-corrected chi connectivity index (χ4v) is 1.50. The SMILES string of the molecule is CC(O)c1cc(C(F)F)cc2c1OCO2. The molecular weight excluding hydrogens is 206 g/mol. The van der Waals surface area contributed by atoms with Gasteiger partial charge in [-0.05, 0) is 19.1 Å². The van der Waals surface area contributed by atoms with Crippen molar-refractivity contribution in [1.82, 2.24) is 0 Å². The molecule has 1 aliphatic heterocycles. The minimum Gasteiger partial charge on any atom is -0.454 e. The van der Waals surface area contributed by atoms with Crippen molar-refractivity contribution in [2.75, 3.05) is 6.79 Å². The molecule has 1 N–H and O–H groups in total. The number of ether oxygens (including phenoxy) is 2. The Morgan fingerprint density at radius 2 is 2.07 bits per heavy atom. The van der Waals surface area contributed by atoms with E-state index in [1.165, 1.54) is 19.1 Å². The largest absolute Gasteiger partial charge is 0.454 e. The maximum Gasteiger partial charge on any atom is 0.263 e. The Bertz CT molecular complexity index is 377. The van der Waals surface area contributed by atoms with Crippen LogP contribution >= 0.6 is 0 Å². The lowest BCUT2D eigenvalue weighted by molar-refractivity contribution is 0.150. The molecule has 1 aromatic carbocycles. The van der Waals surface area contributed by atoms with E-state index in [0.29, 0.717) is 11.3 Å². The zero-order valence-electron chi connectivity index (χ0n) is 8.04. The van der Waals surface area contributed by atoms with E-state index in [1.54, 1.807) is 0 Å². The summed E-state index contributed by atoms with van der Waals surface area (Å²) in [6, 6.07) is 2.47. The first-order chi connectivity index (χ1) is 7.09. The van der Waals surface area contributed by atoms with E-state index in [0.717, 1.165) is 0 Å². The molecule has 82 valence electrons. The van der Waals surface area contributed by atoms with Crippen LogP contribution in [0.3, 0.4) is 0 Å². The van der Waals surface area contributed by atoms with Gasteiger partial charge in [-0.25, -0.2) is 8.78 Å². The molecule has 1 atom stereocenters. The van der Waals surface area contributed by atoms with Gasteiger partial charge in [0.2, 0.25) is 6.79 Å². The molecule has 0 spiro atoms. The smallest absolute Gasteiger partial charge is 0.263 e. The summed E-state index contributed by atoms with van der Waals surface area (Å²) in [6.45, 7) is 1.49. The summed E-state index contributed by atoms with van der Waals surface area (Å²) in [5.74, 6) is 0.623. The van der Waals surface area contributed by atoms with Gasteiger partial charge in [-0.3, -0.25) is 0 Å². The third kappa shape index (κ3) is 1.74. The summed E-state index contributed by atoms with van der Waals surface area (Å²) in [5, 5.41) is 9.41. The summed E-state index contributed by atoms with van der Waals surface area (Å²) in [7, 11) is 0. The van der Waals surface area contributed by atoms with Crippen LogP contribution in [0.25, 0.3) is 0 Å². The fourth-order valence-electron chi connectivity index (χ4n) is 1.50. The van der Waals surface area contributed by atoms with Gasteiger partial charge >= 0.3 is 0 Å². The third-order valence-corrected chi connectivity index (χ3v) is 2.23. The highest BCUT2D eigenvalue weighted by Gasteiger charge is 2.23. The molecule has 0 saturated heterocycles. The lowest BCUT2D eigenvalue weighted by Crippen LogP contribution is -1.97. The Labute approximate surface area is 85.2 Å². The monoisotopic (exact) mass is 216 g/mol. The van der Waals surface area contributed by atoms with E-state index >= 15 is 0 Å². The number of aliphatic hydroxyl groups excluding tert-OH is 1. The maximum absolute atomic E-state index is 12.5. The van der Waals surface area contributed by atoms with Gasteiger partial charge in [-0.2, -0.15) is 0 Å². The van der Waals surface area contributed by atoms with Crippen molar-refractivity contribution in [2.45, 2.75) is 19.5 Å². The molecule has 2 rings (SSSR count). The predicted octanol–water partition coefficient (Wildman–Crippen LogP) is 2.41. The first-order valence-corrected chi connectivity index (χ1v) is 4.49. The fraction of sp³-hybridized carbons (Fsp3) is 0.400. The first kappa shape index (κ1) is 10.2. The maximum atomic E-state index is 12.5. The first-order valence-electron chi connectivity index (χ1n) is 4.49. The average Bonchev–Trinajstić information content (AvgIpc) is 2.62. The van der Waals surface area contributed by atoms with E-state index in [9.17, 15) is 13.9 Å². The minimum absolute atomic E-state index is 0.00173. The number of alkyl halides is 2. The minimum atomic E-state index is -2.59. The number of rotatable bonds is 2. The second-order valence-electron chi connectivity index (χ2n) is 3.32. The van der Waals surface area contributed by atoms with Gasteiger partial charge in [-0.1, -0.05) is 0 Å². The van der Waals surface area contributed by atoms with Gasteiger partial charge in [0.05, 0.1) is 6.10 Å². The number of hydrogen-bond donors (Lipinski definition) is 1. The van der Waals surface area contributed by atoms with Crippen LogP contribution in [0.1, 0.15) is 30.6 Å². The van der Waals surface area contributed by atoms with Crippen LogP contribution in [-0.4, -0.2) is 11.9 Å². The van der Waals surface area contributed by atoms with E-state index in [-0.39, 0.29) is 18.1 Å². The van der Waals surface area contributed by atoms with Gasteiger partial charge in [0.1, 0.15) is 0 Å². The Balaban J connectivity index is 2.52. The van der Waals surface area contributed by atoms with Crippen LogP contribution in [0, 0.1) is 0 Å². The van der Waals surface area contributed by atoms with Crippen LogP contribution < -0.4 is 9.47 Å². The highest BCUT2D eigenvalue weighted by Crippen LogP contribution is 2.41. The average molecular weight is 216 g/mol. The molecule has 0 aliphatic carbocycles. The number of hydrogen-bond acceptors (Lipinski definition) is 3. The second-order valence-corrected chi connectivity index (χ2v) is 3.32. The highest BCUT2D eigenvalue weighted by atomic mass is 19.3. The van der Waals surface area contributed by atoms with Crippen molar-refractivity contribution in [2.24, 2.45) is 0 Å².